The third-order valence-corrected chi connectivity index (χ3v) is 6.78. The fourth-order valence-electron chi connectivity index (χ4n) is 4.33. The molecule has 0 bridgehead atoms. The van der Waals surface area contributed by atoms with Crippen molar-refractivity contribution in [1.29, 1.82) is 0 Å². The molecule has 0 aliphatic carbocycles. The SMILES string of the molecule is O=C(c1ncnc2nc[nH]c12)N1CCOC(CN2CCC(Oc3ccc(Cl)c(Cl)c3)CC2)C1. The Balaban J connectivity index is 1.13. The average Bonchev–Trinajstić information content (AvgIpc) is 3.32. The number of carbonyl (C=O) groups is 1. The number of rotatable bonds is 5. The Morgan fingerprint density at radius 3 is 2.82 bits per heavy atom. The van der Waals surface area contributed by atoms with Crippen LogP contribution in [0.15, 0.2) is 30.9 Å². The molecule has 4 heterocycles. The second kappa shape index (κ2) is 9.80. The molecule has 0 spiro atoms. The maximum absolute atomic E-state index is 13.1. The van der Waals surface area contributed by atoms with E-state index in [0.717, 1.165) is 38.2 Å². The molecule has 1 aromatic carbocycles. The topological polar surface area (TPSA) is 96.5 Å². The smallest absolute Gasteiger partial charge is 0.275 e. The zero-order valence-electron chi connectivity index (χ0n) is 17.9. The highest BCUT2D eigenvalue weighted by atomic mass is 35.5. The Bertz CT molecular complexity index is 1130. The number of piperidine rings is 1. The highest BCUT2D eigenvalue weighted by Gasteiger charge is 2.30. The van der Waals surface area contributed by atoms with Crippen molar-refractivity contribution in [3.63, 3.8) is 0 Å². The Morgan fingerprint density at radius 1 is 1.15 bits per heavy atom. The largest absolute Gasteiger partial charge is 0.490 e. The molecule has 1 amide bonds. The first kappa shape index (κ1) is 22.3. The Hall–Kier alpha value is -2.46. The third-order valence-electron chi connectivity index (χ3n) is 6.04. The third kappa shape index (κ3) is 5.06. The second-order valence-electron chi connectivity index (χ2n) is 8.26. The van der Waals surface area contributed by atoms with Crippen LogP contribution in [0.5, 0.6) is 5.75 Å². The Labute approximate surface area is 201 Å². The maximum atomic E-state index is 13.1. The summed E-state index contributed by atoms with van der Waals surface area (Å²) in [5.74, 6) is 0.609. The van der Waals surface area contributed by atoms with Gasteiger partial charge in [0.1, 0.15) is 23.7 Å². The molecule has 11 heteroatoms. The molecule has 2 fully saturated rings. The number of hydrogen-bond donors (Lipinski definition) is 1. The van der Waals surface area contributed by atoms with Crippen molar-refractivity contribution in [1.82, 2.24) is 29.7 Å². The number of morpholine rings is 1. The summed E-state index contributed by atoms with van der Waals surface area (Å²) in [6.07, 6.45) is 4.81. The first-order chi connectivity index (χ1) is 16.1. The van der Waals surface area contributed by atoms with Crippen molar-refractivity contribution in [3.8, 4) is 5.75 Å². The molecule has 0 radical (unpaired) electrons. The quantitative estimate of drug-likeness (QED) is 0.586. The zero-order valence-corrected chi connectivity index (χ0v) is 19.4. The normalized spacial score (nSPS) is 20.3. The van der Waals surface area contributed by atoms with Crippen molar-refractivity contribution < 1.29 is 14.3 Å². The van der Waals surface area contributed by atoms with Gasteiger partial charge in [0, 0.05) is 38.8 Å². The number of H-pyrrole nitrogens is 1. The van der Waals surface area contributed by atoms with E-state index >= 15 is 0 Å². The Kier molecular flexibility index (Phi) is 6.64. The highest BCUT2D eigenvalue weighted by Crippen LogP contribution is 2.28. The van der Waals surface area contributed by atoms with Crippen LogP contribution >= 0.6 is 23.2 Å². The van der Waals surface area contributed by atoms with E-state index in [1.807, 2.05) is 6.07 Å². The number of hydrogen-bond acceptors (Lipinski definition) is 7. The predicted octanol–water partition coefficient (Wildman–Crippen LogP) is 3.04. The van der Waals surface area contributed by atoms with Crippen LogP contribution in [0.4, 0.5) is 0 Å². The summed E-state index contributed by atoms with van der Waals surface area (Å²) in [4.78, 5) is 32.6. The molecule has 174 valence electrons. The molecule has 9 nitrogen and oxygen atoms in total. The number of benzene rings is 1. The van der Waals surface area contributed by atoms with Crippen LogP contribution in [0.1, 0.15) is 23.3 Å². The van der Waals surface area contributed by atoms with Gasteiger partial charge in [-0.3, -0.25) is 4.79 Å². The second-order valence-corrected chi connectivity index (χ2v) is 9.08. The molecular weight excluding hydrogens is 467 g/mol. The zero-order chi connectivity index (χ0) is 22.8. The van der Waals surface area contributed by atoms with Crippen LogP contribution in [0.2, 0.25) is 10.0 Å². The summed E-state index contributed by atoms with van der Waals surface area (Å²) < 4.78 is 12.1. The van der Waals surface area contributed by atoms with Gasteiger partial charge in [-0.25, -0.2) is 15.0 Å². The molecule has 2 aliphatic rings. The molecular formula is C22H24Cl2N6O3. The molecule has 1 N–H and O–H groups in total. The molecule has 0 saturated carbocycles. The maximum Gasteiger partial charge on any atom is 0.275 e. The number of nitrogens with zero attached hydrogens (tertiary/aromatic N) is 5. The summed E-state index contributed by atoms with van der Waals surface area (Å²) in [6, 6.07) is 5.35. The highest BCUT2D eigenvalue weighted by molar-refractivity contribution is 6.42. The summed E-state index contributed by atoms with van der Waals surface area (Å²) >= 11 is 12.1. The number of imidazole rings is 1. The first-order valence-corrected chi connectivity index (χ1v) is 11.7. The predicted molar refractivity (Wildman–Crippen MR) is 124 cm³/mol. The summed E-state index contributed by atoms with van der Waals surface area (Å²) in [5, 5.41) is 1.02. The van der Waals surface area contributed by atoms with Gasteiger partial charge in [0.15, 0.2) is 11.3 Å². The molecule has 1 unspecified atom stereocenters. The average molecular weight is 491 g/mol. The lowest BCUT2D eigenvalue weighted by atomic mass is 10.1. The molecule has 33 heavy (non-hydrogen) atoms. The fraction of sp³-hybridized carbons (Fsp3) is 0.455. The van der Waals surface area contributed by atoms with Gasteiger partial charge in [-0.15, -0.1) is 0 Å². The molecule has 1 atom stereocenters. The van der Waals surface area contributed by atoms with E-state index in [-0.39, 0.29) is 18.1 Å². The summed E-state index contributed by atoms with van der Waals surface area (Å²) in [7, 11) is 0. The minimum absolute atomic E-state index is 0.0469. The van der Waals surface area contributed by atoms with Crippen LogP contribution in [-0.2, 0) is 4.74 Å². The monoisotopic (exact) mass is 490 g/mol. The number of amides is 1. The van der Waals surface area contributed by atoms with Gasteiger partial charge >= 0.3 is 0 Å². The van der Waals surface area contributed by atoms with Crippen LogP contribution in [-0.4, -0.2) is 87.2 Å². The van der Waals surface area contributed by atoms with Gasteiger partial charge in [0.2, 0.25) is 0 Å². The standard InChI is InChI=1S/C22H24Cl2N6O3/c23-17-2-1-15(9-18(17)24)33-14-3-5-29(6-4-14)10-16-11-30(7-8-32-16)22(31)20-19-21(27-12-25-19)28-13-26-20/h1-2,9,12-14,16H,3-8,10-11H2,(H,25,26,27,28). The van der Waals surface area contributed by atoms with Gasteiger partial charge in [0.05, 0.1) is 29.1 Å². The van der Waals surface area contributed by atoms with Gasteiger partial charge in [-0.05, 0) is 25.0 Å². The number of fused-ring (bicyclic) bond motifs is 1. The van der Waals surface area contributed by atoms with E-state index in [1.165, 1.54) is 12.7 Å². The molecule has 2 aromatic heterocycles. The number of nitrogens with one attached hydrogen (secondary N) is 1. The van der Waals surface area contributed by atoms with E-state index < -0.39 is 0 Å². The number of halogens is 2. The van der Waals surface area contributed by atoms with Crippen molar-refractivity contribution >= 4 is 40.3 Å². The lowest BCUT2D eigenvalue weighted by molar-refractivity contribution is -0.0415. The van der Waals surface area contributed by atoms with Gasteiger partial charge in [-0.1, -0.05) is 23.2 Å². The van der Waals surface area contributed by atoms with Crippen molar-refractivity contribution in [2.24, 2.45) is 0 Å². The van der Waals surface area contributed by atoms with Gasteiger partial charge in [-0.2, -0.15) is 0 Å². The summed E-state index contributed by atoms with van der Waals surface area (Å²) in [6.45, 7) is 4.14. The van der Waals surface area contributed by atoms with Crippen LogP contribution < -0.4 is 4.74 Å². The Morgan fingerprint density at radius 2 is 2.00 bits per heavy atom. The molecule has 2 saturated heterocycles. The van der Waals surface area contributed by atoms with E-state index in [2.05, 4.69) is 24.8 Å². The fourth-order valence-corrected chi connectivity index (χ4v) is 4.62. The number of likely N-dealkylation sites (tertiary alicyclic amines) is 1. The number of aromatic nitrogens is 4. The number of ether oxygens (including phenoxy) is 2. The van der Waals surface area contributed by atoms with Crippen molar-refractivity contribution in [2.45, 2.75) is 25.0 Å². The molecule has 5 rings (SSSR count). The van der Waals surface area contributed by atoms with E-state index in [9.17, 15) is 4.79 Å². The van der Waals surface area contributed by atoms with E-state index in [1.54, 1.807) is 17.0 Å². The lowest BCUT2D eigenvalue weighted by Gasteiger charge is -2.38. The summed E-state index contributed by atoms with van der Waals surface area (Å²) in [5.41, 5.74) is 1.40. The van der Waals surface area contributed by atoms with Crippen LogP contribution in [0.3, 0.4) is 0 Å². The first-order valence-electron chi connectivity index (χ1n) is 11.0. The minimum atomic E-state index is -0.131. The molecule has 3 aromatic rings. The van der Waals surface area contributed by atoms with E-state index in [4.69, 9.17) is 32.7 Å². The van der Waals surface area contributed by atoms with Gasteiger partial charge < -0.3 is 24.3 Å². The van der Waals surface area contributed by atoms with E-state index in [0.29, 0.717) is 46.6 Å². The molecule has 2 aliphatic heterocycles. The lowest BCUT2D eigenvalue weighted by Crippen LogP contribution is -2.51. The van der Waals surface area contributed by atoms with Gasteiger partial charge in [0.25, 0.3) is 5.91 Å². The van der Waals surface area contributed by atoms with Crippen molar-refractivity contribution in [2.75, 3.05) is 39.3 Å². The van der Waals surface area contributed by atoms with Crippen molar-refractivity contribution in [3.05, 3.63) is 46.6 Å². The number of carbonyl (C=O) groups excluding carboxylic acids is 1. The van der Waals surface area contributed by atoms with Crippen LogP contribution in [0.25, 0.3) is 11.2 Å². The number of aromatic amines is 1. The minimum Gasteiger partial charge on any atom is -0.490 e. The van der Waals surface area contributed by atoms with Crippen LogP contribution in [0, 0.1) is 0 Å².